The maximum absolute atomic E-state index is 14.2. The number of carbonyl (C=O) groups excluding carboxylic acids is 3. The molecule has 0 unspecified atom stereocenters. The van der Waals surface area contributed by atoms with E-state index in [1.807, 2.05) is 25.1 Å². The summed E-state index contributed by atoms with van der Waals surface area (Å²) in [6.07, 6.45) is 5.65. The highest BCUT2D eigenvalue weighted by molar-refractivity contribution is 7.13. The van der Waals surface area contributed by atoms with Crippen molar-refractivity contribution in [3.63, 3.8) is 0 Å². The number of ketones is 1. The van der Waals surface area contributed by atoms with Gasteiger partial charge in [0.1, 0.15) is 4.88 Å². The van der Waals surface area contributed by atoms with Crippen molar-refractivity contribution in [2.24, 2.45) is 5.92 Å². The molecule has 1 fully saturated rings. The third kappa shape index (κ3) is 7.31. The zero-order valence-corrected chi connectivity index (χ0v) is 20.9. The second-order valence-electron chi connectivity index (χ2n) is 8.88. The van der Waals surface area contributed by atoms with Crippen LogP contribution >= 0.6 is 11.3 Å². The molecule has 1 aliphatic heterocycles. The van der Waals surface area contributed by atoms with Crippen LogP contribution in [0, 0.1) is 5.92 Å². The number of rotatable bonds is 12. The van der Waals surface area contributed by atoms with Crippen LogP contribution < -0.4 is 0 Å². The number of likely N-dealkylation sites (tertiary alicyclic amines) is 1. The van der Waals surface area contributed by atoms with E-state index in [1.165, 1.54) is 41.1 Å². The van der Waals surface area contributed by atoms with Crippen molar-refractivity contribution >= 4 is 29.0 Å². The minimum atomic E-state index is -3.43. The first kappa shape index (κ1) is 26.7. The van der Waals surface area contributed by atoms with E-state index in [4.69, 9.17) is 4.74 Å². The van der Waals surface area contributed by atoms with Crippen LogP contribution in [0.15, 0.2) is 54.6 Å². The summed E-state index contributed by atoms with van der Waals surface area (Å²) in [5.41, 5.74) is 1.22. The summed E-state index contributed by atoms with van der Waals surface area (Å²) in [7, 11) is 1.31. The lowest BCUT2D eigenvalue weighted by Gasteiger charge is -2.21. The Bertz CT molecular complexity index is 1050. The molecule has 1 aromatic carbocycles. The highest BCUT2D eigenvalue weighted by atomic mass is 32.1. The van der Waals surface area contributed by atoms with E-state index < -0.39 is 30.3 Å². The summed E-state index contributed by atoms with van der Waals surface area (Å²) >= 11 is 1.29. The van der Waals surface area contributed by atoms with Crippen LogP contribution in [0.3, 0.4) is 0 Å². The third-order valence-corrected chi connectivity index (χ3v) is 7.35. The number of hydrogen-bond donors (Lipinski definition) is 0. The number of benzene rings is 1. The molecular formula is C27H31F2NO4S. The van der Waals surface area contributed by atoms with Gasteiger partial charge in [0.2, 0.25) is 0 Å². The van der Waals surface area contributed by atoms with Crippen molar-refractivity contribution in [2.45, 2.75) is 57.4 Å². The normalized spacial score (nSPS) is 18.2. The predicted molar refractivity (Wildman–Crippen MR) is 132 cm³/mol. The van der Waals surface area contributed by atoms with Crippen LogP contribution in [0.2, 0.25) is 0 Å². The molecule has 188 valence electrons. The minimum absolute atomic E-state index is 0.116. The van der Waals surface area contributed by atoms with Gasteiger partial charge in [-0.15, -0.1) is 11.3 Å². The first-order chi connectivity index (χ1) is 16.7. The van der Waals surface area contributed by atoms with E-state index in [-0.39, 0.29) is 18.2 Å². The number of halogens is 2. The highest BCUT2D eigenvalue weighted by Gasteiger charge is 2.52. The molecule has 0 bridgehead atoms. The Kier molecular flexibility index (Phi) is 9.32. The van der Waals surface area contributed by atoms with Crippen molar-refractivity contribution in [2.75, 3.05) is 13.7 Å². The average molecular weight is 504 g/mol. The number of hydrogen-bond acceptors (Lipinski definition) is 5. The second kappa shape index (κ2) is 12.2. The summed E-state index contributed by atoms with van der Waals surface area (Å²) in [5, 5.41) is 0. The van der Waals surface area contributed by atoms with Gasteiger partial charge in [-0.05, 0) is 55.9 Å². The van der Waals surface area contributed by atoms with Gasteiger partial charge in [0, 0.05) is 23.8 Å². The van der Waals surface area contributed by atoms with Crippen LogP contribution in [-0.2, 0) is 27.2 Å². The molecule has 2 heterocycles. The quantitative estimate of drug-likeness (QED) is 0.284. The van der Waals surface area contributed by atoms with Crippen LogP contribution in [0.25, 0.3) is 0 Å². The standard InChI is InChI=1S/C27H31F2NO4S/c1-19(8-6-11-20-9-4-3-5-10-20)23(31)15-13-21-18-27(28,29)26(33)30(21)17-7-12-22-14-16-24(35-22)25(32)34-2/h3-5,9-10,13-16,19,21H,6-8,11-12,17-18H2,1-2H3/b15-13+/t19-,21+/m1/s1. The fraction of sp³-hybridized carbons (Fsp3) is 0.444. The molecule has 1 saturated heterocycles. The average Bonchev–Trinajstić information content (AvgIpc) is 3.40. The molecule has 1 aromatic heterocycles. The number of alkyl halides is 2. The molecular weight excluding hydrogens is 472 g/mol. The minimum Gasteiger partial charge on any atom is -0.465 e. The number of ether oxygens (including phenoxy) is 1. The molecule has 3 rings (SSSR count). The zero-order valence-electron chi connectivity index (χ0n) is 20.0. The van der Waals surface area contributed by atoms with Gasteiger partial charge in [-0.1, -0.05) is 43.3 Å². The van der Waals surface area contributed by atoms with Crippen molar-refractivity contribution in [1.29, 1.82) is 0 Å². The molecule has 1 amide bonds. The Morgan fingerprint density at radius 1 is 1.17 bits per heavy atom. The van der Waals surface area contributed by atoms with E-state index in [0.29, 0.717) is 24.1 Å². The van der Waals surface area contributed by atoms with E-state index in [1.54, 1.807) is 12.1 Å². The Hall–Kier alpha value is -2.87. The molecule has 2 aromatic rings. The number of thiophene rings is 1. The molecule has 0 N–H and O–H groups in total. The Balaban J connectivity index is 1.52. The Morgan fingerprint density at radius 2 is 1.91 bits per heavy atom. The maximum Gasteiger partial charge on any atom is 0.348 e. The summed E-state index contributed by atoms with van der Waals surface area (Å²) in [5.74, 6) is -5.38. The summed E-state index contributed by atoms with van der Waals surface area (Å²) in [4.78, 5) is 39.0. The lowest BCUT2D eigenvalue weighted by atomic mass is 9.96. The first-order valence-corrected chi connectivity index (χ1v) is 12.6. The number of aryl methyl sites for hydroxylation is 2. The molecule has 0 aliphatic carbocycles. The van der Waals surface area contributed by atoms with Gasteiger partial charge in [0.25, 0.3) is 5.91 Å². The van der Waals surface area contributed by atoms with Crippen LogP contribution in [0.4, 0.5) is 8.78 Å². The molecule has 8 heteroatoms. The van der Waals surface area contributed by atoms with E-state index in [0.717, 1.165) is 17.7 Å². The van der Waals surface area contributed by atoms with E-state index in [2.05, 4.69) is 12.1 Å². The Morgan fingerprint density at radius 3 is 2.63 bits per heavy atom. The van der Waals surface area contributed by atoms with Gasteiger partial charge in [0.05, 0.1) is 13.2 Å². The smallest absolute Gasteiger partial charge is 0.348 e. The van der Waals surface area contributed by atoms with Crippen LogP contribution in [0.1, 0.15) is 52.7 Å². The van der Waals surface area contributed by atoms with Gasteiger partial charge in [-0.3, -0.25) is 9.59 Å². The fourth-order valence-electron chi connectivity index (χ4n) is 4.18. The van der Waals surface area contributed by atoms with Gasteiger partial charge < -0.3 is 9.64 Å². The number of esters is 1. The van der Waals surface area contributed by atoms with Gasteiger partial charge in [-0.25, -0.2) is 4.79 Å². The van der Waals surface area contributed by atoms with Crippen LogP contribution in [0.5, 0.6) is 0 Å². The molecule has 0 saturated carbocycles. The number of nitrogens with zero attached hydrogens (tertiary/aromatic N) is 1. The number of amides is 1. The summed E-state index contributed by atoms with van der Waals surface area (Å²) < 4.78 is 33.0. The number of methoxy groups -OCH3 is 1. The largest absolute Gasteiger partial charge is 0.465 e. The van der Waals surface area contributed by atoms with Crippen molar-refractivity contribution < 1.29 is 27.9 Å². The molecule has 1 aliphatic rings. The summed E-state index contributed by atoms with van der Waals surface area (Å²) in [6.45, 7) is 1.99. The lowest BCUT2D eigenvalue weighted by molar-refractivity contribution is -0.148. The van der Waals surface area contributed by atoms with E-state index >= 15 is 0 Å². The lowest BCUT2D eigenvalue weighted by Crippen LogP contribution is -2.36. The fourth-order valence-corrected chi connectivity index (χ4v) is 5.14. The van der Waals surface area contributed by atoms with Crippen molar-refractivity contribution in [3.05, 3.63) is 69.9 Å². The van der Waals surface area contributed by atoms with Crippen LogP contribution in [-0.4, -0.2) is 48.2 Å². The molecule has 35 heavy (non-hydrogen) atoms. The van der Waals surface area contributed by atoms with E-state index in [9.17, 15) is 23.2 Å². The SMILES string of the molecule is COC(=O)c1ccc(CCCN2C(=O)C(F)(F)C[C@@H]2/C=C/C(=O)[C@H](C)CCCc2ccccc2)s1. The highest BCUT2D eigenvalue weighted by Crippen LogP contribution is 2.34. The van der Waals surface area contributed by atoms with Crippen molar-refractivity contribution in [3.8, 4) is 0 Å². The van der Waals surface area contributed by atoms with Crippen molar-refractivity contribution in [1.82, 2.24) is 4.90 Å². The first-order valence-electron chi connectivity index (χ1n) is 11.8. The Labute approximate surface area is 208 Å². The predicted octanol–water partition coefficient (Wildman–Crippen LogP) is 5.49. The zero-order chi connectivity index (χ0) is 25.4. The molecule has 2 atom stereocenters. The van der Waals surface area contributed by atoms with Gasteiger partial charge >= 0.3 is 11.9 Å². The second-order valence-corrected chi connectivity index (χ2v) is 10.0. The maximum atomic E-state index is 14.2. The summed E-state index contributed by atoms with van der Waals surface area (Å²) in [6, 6.07) is 12.7. The van der Waals surface area contributed by atoms with Gasteiger partial charge in [-0.2, -0.15) is 8.78 Å². The molecule has 0 radical (unpaired) electrons. The molecule has 0 spiro atoms. The molecule has 5 nitrogen and oxygen atoms in total. The topological polar surface area (TPSA) is 63.7 Å². The number of allylic oxidation sites excluding steroid dienone is 1. The van der Waals surface area contributed by atoms with Gasteiger partial charge in [0.15, 0.2) is 5.78 Å². The number of carbonyl (C=O) groups is 3. The third-order valence-electron chi connectivity index (χ3n) is 6.22. The monoisotopic (exact) mass is 503 g/mol.